The molecule has 0 bridgehead atoms. The minimum atomic E-state index is 0.0583. The van der Waals surface area contributed by atoms with Crippen molar-refractivity contribution in [2.24, 2.45) is 11.8 Å². The van der Waals surface area contributed by atoms with Gasteiger partial charge < -0.3 is 5.32 Å². The maximum absolute atomic E-state index is 11.8. The van der Waals surface area contributed by atoms with Crippen LogP contribution in [-0.2, 0) is 11.2 Å². The fourth-order valence-corrected chi connectivity index (χ4v) is 5.20. The first-order valence-corrected chi connectivity index (χ1v) is 10.1. The molecule has 2 heteroatoms. The summed E-state index contributed by atoms with van der Waals surface area (Å²) in [6.07, 6.45) is 6.71. The van der Waals surface area contributed by atoms with Gasteiger partial charge in [0.05, 0.1) is 0 Å². The first-order valence-electron chi connectivity index (χ1n) is 10.1. The molecule has 0 spiro atoms. The van der Waals surface area contributed by atoms with Crippen LogP contribution < -0.4 is 5.32 Å². The number of piperidine rings is 1. The third-order valence-electron chi connectivity index (χ3n) is 6.14. The largest absolute Gasteiger partial charge is 0.351 e. The van der Waals surface area contributed by atoms with Crippen LogP contribution in [0.2, 0.25) is 0 Å². The Labute approximate surface area is 148 Å². The third kappa shape index (κ3) is 3.38. The Hall–Kier alpha value is -1.31. The second-order valence-corrected chi connectivity index (χ2v) is 7.16. The van der Waals surface area contributed by atoms with Crippen LogP contribution in [-0.4, -0.2) is 11.4 Å². The molecule has 1 saturated heterocycles. The Balaban J connectivity index is 0.000000487. The van der Waals surface area contributed by atoms with Crippen LogP contribution in [0.5, 0.6) is 0 Å². The van der Waals surface area contributed by atoms with E-state index >= 15 is 0 Å². The van der Waals surface area contributed by atoms with Crippen molar-refractivity contribution in [2.75, 3.05) is 0 Å². The van der Waals surface area contributed by atoms with Gasteiger partial charge in [0.1, 0.15) is 0 Å². The molecule has 4 atom stereocenters. The van der Waals surface area contributed by atoms with Gasteiger partial charge in [-0.15, -0.1) is 0 Å². The van der Waals surface area contributed by atoms with Gasteiger partial charge in [-0.05, 0) is 67.9 Å². The van der Waals surface area contributed by atoms with Crippen LogP contribution in [0.1, 0.15) is 83.8 Å². The molecule has 4 rings (SSSR count). The smallest absolute Gasteiger partial charge is 0.220 e. The summed E-state index contributed by atoms with van der Waals surface area (Å²) in [7, 11) is 0. The van der Waals surface area contributed by atoms with Crippen molar-refractivity contribution in [3.05, 3.63) is 35.4 Å². The maximum Gasteiger partial charge on any atom is 0.220 e. The summed E-state index contributed by atoms with van der Waals surface area (Å²) in [6, 6.07) is 9.02. The van der Waals surface area contributed by atoms with Crippen LogP contribution in [0.15, 0.2) is 24.3 Å². The van der Waals surface area contributed by atoms with E-state index in [4.69, 9.17) is 0 Å². The number of benzene rings is 1. The molecule has 3 aliphatic rings. The summed E-state index contributed by atoms with van der Waals surface area (Å²) in [5.74, 6) is 2.43. The van der Waals surface area contributed by atoms with Gasteiger partial charge >= 0.3 is 0 Å². The molecule has 2 fully saturated rings. The Morgan fingerprint density at radius 3 is 2.46 bits per heavy atom. The molecule has 0 aromatic heterocycles. The van der Waals surface area contributed by atoms with Crippen LogP contribution >= 0.6 is 0 Å². The molecule has 24 heavy (non-hydrogen) atoms. The zero-order chi connectivity index (χ0) is 17.7. The zero-order valence-electron chi connectivity index (χ0n) is 16.2. The zero-order valence-corrected chi connectivity index (χ0v) is 16.2. The van der Waals surface area contributed by atoms with E-state index in [-0.39, 0.29) is 11.4 Å². The molecule has 1 saturated carbocycles. The number of hydrogen-bond donors (Lipinski definition) is 1. The molecule has 0 radical (unpaired) electrons. The summed E-state index contributed by atoms with van der Waals surface area (Å²) in [6.45, 7) is 10.3. The molecule has 2 nitrogen and oxygen atoms in total. The van der Waals surface area contributed by atoms with E-state index in [9.17, 15) is 4.79 Å². The quantitative estimate of drug-likeness (QED) is 0.672. The van der Waals surface area contributed by atoms with E-state index < -0.39 is 0 Å². The lowest BCUT2D eigenvalue weighted by molar-refractivity contribution is -0.129. The van der Waals surface area contributed by atoms with E-state index in [0.29, 0.717) is 5.92 Å². The molecule has 1 aliphatic heterocycles. The third-order valence-corrected chi connectivity index (χ3v) is 6.14. The molecule has 2 aliphatic carbocycles. The number of aryl methyl sites for hydroxylation is 1. The lowest BCUT2D eigenvalue weighted by Gasteiger charge is -2.54. The van der Waals surface area contributed by atoms with E-state index in [2.05, 4.69) is 36.5 Å². The van der Waals surface area contributed by atoms with Crippen LogP contribution in [0.3, 0.4) is 0 Å². The summed E-state index contributed by atoms with van der Waals surface area (Å²) in [5.41, 5.74) is 3.22. The summed E-state index contributed by atoms with van der Waals surface area (Å²) in [4.78, 5) is 11.8. The van der Waals surface area contributed by atoms with Gasteiger partial charge in [-0.3, -0.25) is 4.79 Å². The van der Waals surface area contributed by atoms with Gasteiger partial charge in [0.2, 0.25) is 5.91 Å². The van der Waals surface area contributed by atoms with Crippen molar-refractivity contribution in [1.29, 1.82) is 0 Å². The fraction of sp³-hybridized carbons (Fsp3) is 0.682. The summed E-state index contributed by atoms with van der Waals surface area (Å²) < 4.78 is 0. The van der Waals surface area contributed by atoms with E-state index in [1.807, 2.05) is 27.7 Å². The molecule has 1 amide bonds. The first kappa shape index (κ1) is 19.0. The van der Waals surface area contributed by atoms with E-state index in [0.717, 1.165) is 31.1 Å². The Bertz CT molecular complexity index is 553. The fourth-order valence-electron chi connectivity index (χ4n) is 5.20. The van der Waals surface area contributed by atoms with Crippen LogP contribution in [0.4, 0.5) is 0 Å². The molecule has 1 aromatic carbocycles. The molecular formula is C22H35NO. The van der Waals surface area contributed by atoms with Gasteiger partial charge in [-0.25, -0.2) is 0 Å². The van der Waals surface area contributed by atoms with Gasteiger partial charge in [-0.1, -0.05) is 52.0 Å². The molecular weight excluding hydrogens is 294 g/mol. The van der Waals surface area contributed by atoms with Gasteiger partial charge in [0.25, 0.3) is 0 Å². The van der Waals surface area contributed by atoms with Gasteiger partial charge in [-0.2, -0.15) is 0 Å². The Kier molecular flexibility index (Phi) is 6.48. The average molecular weight is 330 g/mol. The highest BCUT2D eigenvalue weighted by Crippen LogP contribution is 2.53. The van der Waals surface area contributed by atoms with Gasteiger partial charge in [0, 0.05) is 12.0 Å². The molecule has 134 valence electrons. The maximum atomic E-state index is 11.8. The highest BCUT2D eigenvalue weighted by molar-refractivity contribution is 5.77. The van der Waals surface area contributed by atoms with Crippen molar-refractivity contribution >= 4 is 5.91 Å². The predicted octanol–water partition coefficient (Wildman–Crippen LogP) is 5.46. The van der Waals surface area contributed by atoms with Crippen molar-refractivity contribution < 1.29 is 4.79 Å². The average Bonchev–Trinajstić information content (AvgIpc) is 2.63. The number of nitrogens with one attached hydrogen (secondary N) is 1. The van der Waals surface area contributed by atoms with Crippen molar-refractivity contribution in [3.8, 4) is 0 Å². The number of fused-ring (bicyclic) bond motifs is 5. The minimum absolute atomic E-state index is 0.0583. The second-order valence-electron chi connectivity index (χ2n) is 7.16. The van der Waals surface area contributed by atoms with E-state index in [1.54, 1.807) is 11.1 Å². The topological polar surface area (TPSA) is 29.1 Å². The number of amides is 1. The number of carbonyl (C=O) groups is 1. The lowest BCUT2D eigenvalue weighted by Crippen LogP contribution is -2.60. The van der Waals surface area contributed by atoms with Crippen LogP contribution in [0.25, 0.3) is 0 Å². The second kappa shape index (κ2) is 8.18. The van der Waals surface area contributed by atoms with E-state index in [1.165, 1.54) is 19.3 Å². The van der Waals surface area contributed by atoms with Crippen LogP contribution in [0, 0.1) is 11.8 Å². The highest BCUT2D eigenvalue weighted by Gasteiger charge is 2.50. The van der Waals surface area contributed by atoms with Crippen molar-refractivity contribution in [2.45, 2.75) is 84.6 Å². The predicted molar refractivity (Wildman–Crippen MR) is 102 cm³/mol. The number of rotatable bonds is 0. The van der Waals surface area contributed by atoms with Crippen molar-refractivity contribution in [3.63, 3.8) is 0 Å². The Morgan fingerprint density at radius 1 is 1.00 bits per heavy atom. The Morgan fingerprint density at radius 2 is 1.71 bits per heavy atom. The normalized spacial score (nSPS) is 33.2. The first-order chi connectivity index (χ1) is 11.7. The molecule has 3 unspecified atom stereocenters. The van der Waals surface area contributed by atoms with Gasteiger partial charge in [0.15, 0.2) is 0 Å². The summed E-state index contributed by atoms with van der Waals surface area (Å²) in [5, 5.41) is 3.31. The summed E-state index contributed by atoms with van der Waals surface area (Å²) >= 11 is 0. The number of carbonyl (C=O) groups excluding carboxylic acids is 1. The highest BCUT2D eigenvalue weighted by atomic mass is 16.1. The molecule has 1 N–H and O–H groups in total. The SMILES string of the molecule is CC.CC.C[C@]12CCC3c4ccccc4CCC3C1CCC(=O)N2. The minimum Gasteiger partial charge on any atom is -0.351 e. The van der Waals surface area contributed by atoms with Crippen molar-refractivity contribution in [1.82, 2.24) is 5.32 Å². The number of hydrogen-bond acceptors (Lipinski definition) is 1. The molecule has 1 aromatic rings. The monoisotopic (exact) mass is 329 g/mol. The standard InChI is InChI=1S/C18H23NO.2C2H6/c1-18-11-10-14-13-5-3-2-4-12(13)6-7-15(14)16(18)8-9-17(20)19-18;2*1-2/h2-5,14-16H,6-11H2,1H3,(H,19,20);2*1-2H3/t14?,15?,16?,18-;;/m0../s1. The lowest BCUT2D eigenvalue weighted by atomic mass is 9.56. The molecule has 1 heterocycles.